The van der Waals surface area contributed by atoms with Gasteiger partial charge in [-0.15, -0.1) is 0 Å². The van der Waals surface area contributed by atoms with Crippen molar-refractivity contribution in [3.63, 3.8) is 0 Å². The number of hydrogen-bond donors (Lipinski definition) is 2. The molecule has 9 heteroatoms. The van der Waals surface area contributed by atoms with Crippen LogP contribution in [-0.4, -0.2) is 31.2 Å². The van der Waals surface area contributed by atoms with Crippen LogP contribution in [0.4, 0.5) is 11.4 Å². The second kappa shape index (κ2) is 8.55. The molecule has 0 bridgehead atoms. The van der Waals surface area contributed by atoms with Crippen LogP contribution in [0.3, 0.4) is 0 Å². The summed E-state index contributed by atoms with van der Waals surface area (Å²) in [7, 11) is 0. The minimum atomic E-state index is -0.685. The van der Waals surface area contributed by atoms with E-state index in [0.717, 1.165) is 0 Å². The number of carbonyl (C=O) groups excluding carboxylic acids is 3. The van der Waals surface area contributed by atoms with Crippen LogP contribution in [0.5, 0.6) is 11.5 Å². The highest BCUT2D eigenvalue weighted by atomic mass is 16.7. The van der Waals surface area contributed by atoms with Gasteiger partial charge in [0.25, 0.3) is 5.91 Å². The van der Waals surface area contributed by atoms with Gasteiger partial charge in [0, 0.05) is 17.4 Å². The van der Waals surface area contributed by atoms with E-state index in [0.29, 0.717) is 22.9 Å². The summed E-state index contributed by atoms with van der Waals surface area (Å²) in [5.74, 6) is -0.519. The summed E-state index contributed by atoms with van der Waals surface area (Å²) < 4.78 is 15.4. The van der Waals surface area contributed by atoms with Gasteiger partial charge in [-0.25, -0.2) is 4.79 Å². The lowest BCUT2D eigenvalue weighted by Gasteiger charge is -2.08. The first-order chi connectivity index (χ1) is 13.5. The van der Waals surface area contributed by atoms with Gasteiger partial charge in [0.1, 0.15) is 6.42 Å². The molecule has 0 spiro atoms. The molecule has 2 amide bonds. The first kappa shape index (κ1) is 18.7. The van der Waals surface area contributed by atoms with Crippen molar-refractivity contribution in [2.45, 2.75) is 6.42 Å². The van der Waals surface area contributed by atoms with Crippen molar-refractivity contribution in [2.75, 3.05) is 24.0 Å². The normalized spacial score (nSPS) is 11.2. The molecule has 3 rings (SSSR count). The molecular weight excluding hydrogens is 366 g/mol. The van der Waals surface area contributed by atoms with Crippen molar-refractivity contribution in [1.82, 2.24) is 0 Å². The van der Waals surface area contributed by atoms with Crippen LogP contribution in [0.15, 0.2) is 42.5 Å². The van der Waals surface area contributed by atoms with Gasteiger partial charge in [0.05, 0.1) is 11.6 Å². The van der Waals surface area contributed by atoms with Crippen molar-refractivity contribution in [1.29, 1.82) is 5.26 Å². The van der Waals surface area contributed by atoms with Crippen molar-refractivity contribution in [3.8, 4) is 17.6 Å². The lowest BCUT2D eigenvalue weighted by Crippen LogP contribution is -2.21. The lowest BCUT2D eigenvalue weighted by molar-refractivity contribution is -0.119. The van der Waals surface area contributed by atoms with E-state index in [4.69, 9.17) is 19.5 Å². The third kappa shape index (κ3) is 4.76. The largest absolute Gasteiger partial charge is 0.454 e. The zero-order chi connectivity index (χ0) is 19.9. The molecular formula is C19H15N3O6. The SMILES string of the molecule is N#CCC(=O)Nc1ccc(C(=O)OCC(=O)Nc2ccc3c(c2)OCO3)cc1. The predicted molar refractivity (Wildman–Crippen MR) is 96.8 cm³/mol. The molecule has 1 heterocycles. The number of esters is 1. The van der Waals surface area contributed by atoms with E-state index in [-0.39, 0.29) is 18.8 Å². The molecule has 1 aliphatic rings. The van der Waals surface area contributed by atoms with Crippen molar-refractivity contribution < 1.29 is 28.6 Å². The van der Waals surface area contributed by atoms with Gasteiger partial charge in [-0.1, -0.05) is 0 Å². The zero-order valence-corrected chi connectivity index (χ0v) is 14.6. The van der Waals surface area contributed by atoms with Crippen LogP contribution < -0.4 is 20.1 Å². The first-order valence-corrected chi connectivity index (χ1v) is 8.18. The number of nitriles is 1. The summed E-state index contributed by atoms with van der Waals surface area (Å²) in [6.07, 6.45) is -0.262. The fourth-order valence-corrected chi connectivity index (χ4v) is 2.35. The average molecular weight is 381 g/mol. The van der Waals surface area contributed by atoms with Crippen molar-refractivity contribution >= 4 is 29.2 Å². The number of anilines is 2. The third-order valence-electron chi connectivity index (χ3n) is 3.63. The van der Waals surface area contributed by atoms with Crippen molar-refractivity contribution in [3.05, 3.63) is 48.0 Å². The first-order valence-electron chi connectivity index (χ1n) is 8.18. The second-order valence-corrected chi connectivity index (χ2v) is 5.65. The minimum Gasteiger partial charge on any atom is -0.454 e. The van der Waals surface area contributed by atoms with Crippen LogP contribution in [0.25, 0.3) is 0 Å². The highest BCUT2D eigenvalue weighted by Gasteiger charge is 2.15. The van der Waals surface area contributed by atoms with Gasteiger partial charge in [0.15, 0.2) is 18.1 Å². The molecule has 1 aliphatic heterocycles. The standard InChI is InChI=1S/C19H15N3O6/c20-8-7-17(23)21-13-3-1-12(2-4-13)19(25)26-10-18(24)22-14-5-6-15-16(9-14)28-11-27-15/h1-6,9H,7,10-11H2,(H,21,23)(H,22,24). The highest BCUT2D eigenvalue weighted by Crippen LogP contribution is 2.34. The molecule has 28 heavy (non-hydrogen) atoms. The van der Waals surface area contributed by atoms with Gasteiger partial charge >= 0.3 is 5.97 Å². The monoisotopic (exact) mass is 381 g/mol. The Morgan fingerprint density at radius 2 is 1.64 bits per heavy atom. The molecule has 0 atom stereocenters. The van der Waals surface area contributed by atoms with E-state index in [2.05, 4.69) is 10.6 Å². The number of nitrogens with one attached hydrogen (secondary N) is 2. The number of fused-ring (bicyclic) bond motifs is 1. The Hall–Kier alpha value is -4.06. The third-order valence-corrected chi connectivity index (χ3v) is 3.63. The van der Waals surface area contributed by atoms with Gasteiger partial charge < -0.3 is 24.8 Å². The molecule has 2 aromatic carbocycles. The fraction of sp³-hybridized carbons (Fsp3) is 0.158. The van der Waals surface area contributed by atoms with Gasteiger partial charge in [-0.05, 0) is 36.4 Å². The quantitative estimate of drug-likeness (QED) is 0.733. The van der Waals surface area contributed by atoms with E-state index >= 15 is 0 Å². The highest BCUT2D eigenvalue weighted by molar-refractivity contribution is 5.96. The molecule has 0 saturated carbocycles. The predicted octanol–water partition coefficient (Wildman–Crippen LogP) is 2.06. The number of amides is 2. The van der Waals surface area contributed by atoms with E-state index in [1.165, 1.54) is 24.3 Å². The van der Waals surface area contributed by atoms with Gasteiger partial charge in [-0.3, -0.25) is 9.59 Å². The van der Waals surface area contributed by atoms with Gasteiger partial charge in [0.2, 0.25) is 12.7 Å². The molecule has 0 aromatic heterocycles. The molecule has 2 aromatic rings. The molecule has 0 radical (unpaired) electrons. The Labute approximate surface area is 159 Å². The maximum atomic E-state index is 12.0. The van der Waals surface area contributed by atoms with Crippen LogP contribution in [0, 0.1) is 11.3 Å². The number of nitrogens with zero attached hydrogens (tertiary/aromatic N) is 1. The topological polar surface area (TPSA) is 127 Å². The Morgan fingerprint density at radius 3 is 2.39 bits per heavy atom. The molecule has 0 fully saturated rings. The molecule has 0 saturated heterocycles. The number of carbonyl (C=O) groups is 3. The van der Waals surface area contributed by atoms with E-state index < -0.39 is 24.4 Å². The summed E-state index contributed by atoms with van der Waals surface area (Å²) in [5, 5.41) is 13.6. The van der Waals surface area contributed by atoms with Crippen LogP contribution >= 0.6 is 0 Å². The summed E-state index contributed by atoms with van der Waals surface area (Å²) in [6.45, 7) is -0.334. The van der Waals surface area contributed by atoms with E-state index in [1.54, 1.807) is 24.3 Å². The lowest BCUT2D eigenvalue weighted by atomic mass is 10.2. The number of ether oxygens (including phenoxy) is 3. The molecule has 0 unspecified atom stereocenters. The minimum absolute atomic E-state index is 0.130. The summed E-state index contributed by atoms with van der Waals surface area (Å²) in [4.78, 5) is 35.3. The molecule has 0 aliphatic carbocycles. The Balaban J connectivity index is 1.48. The Bertz CT molecular complexity index is 949. The maximum absolute atomic E-state index is 12.0. The molecule has 2 N–H and O–H groups in total. The molecule has 9 nitrogen and oxygen atoms in total. The Kier molecular flexibility index (Phi) is 5.72. The fourth-order valence-electron chi connectivity index (χ4n) is 2.35. The van der Waals surface area contributed by atoms with Crippen LogP contribution in [-0.2, 0) is 14.3 Å². The number of rotatable bonds is 6. The number of hydrogen-bond acceptors (Lipinski definition) is 7. The van der Waals surface area contributed by atoms with Crippen LogP contribution in [0.1, 0.15) is 16.8 Å². The summed E-state index contributed by atoms with van der Waals surface area (Å²) in [5.41, 5.74) is 1.15. The van der Waals surface area contributed by atoms with Crippen molar-refractivity contribution in [2.24, 2.45) is 0 Å². The Morgan fingerprint density at radius 1 is 0.964 bits per heavy atom. The zero-order valence-electron chi connectivity index (χ0n) is 14.6. The van der Waals surface area contributed by atoms with E-state index in [1.807, 2.05) is 0 Å². The maximum Gasteiger partial charge on any atom is 0.338 e. The molecule has 142 valence electrons. The van der Waals surface area contributed by atoms with E-state index in [9.17, 15) is 14.4 Å². The van der Waals surface area contributed by atoms with Crippen LogP contribution in [0.2, 0.25) is 0 Å². The summed E-state index contributed by atoms with van der Waals surface area (Å²) in [6, 6.07) is 12.5. The van der Waals surface area contributed by atoms with Gasteiger partial charge in [-0.2, -0.15) is 5.26 Å². The number of benzene rings is 2. The summed E-state index contributed by atoms with van der Waals surface area (Å²) >= 11 is 0. The average Bonchev–Trinajstić information content (AvgIpc) is 3.14. The second-order valence-electron chi connectivity index (χ2n) is 5.65. The smallest absolute Gasteiger partial charge is 0.338 e.